The highest BCUT2D eigenvalue weighted by Gasteiger charge is 2.36. The highest BCUT2D eigenvalue weighted by molar-refractivity contribution is 5.94. The van der Waals surface area contributed by atoms with E-state index < -0.39 is 29.2 Å². The number of nitrogens with zero attached hydrogens (tertiary/aromatic N) is 1. The van der Waals surface area contributed by atoms with Crippen LogP contribution < -0.4 is 10.6 Å². The van der Waals surface area contributed by atoms with Crippen molar-refractivity contribution in [3.63, 3.8) is 0 Å². The molecule has 0 aliphatic carbocycles. The first-order chi connectivity index (χ1) is 19.9. The third-order valence-corrected chi connectivity index (χ3v) is 7.95. The molecule has 0 radical (unpaired) electrons. The van der Waals surface area contributed by atoms with Crippen molar-refractivity contribution < 1.29 is 19.1 Å². The van der Waals surface area contributed by atoms with E-state index in [-0.39, 0.29) is 5.91 Å². The number of aromatic nitrogens is 2. The number of benzene rings is 2. The van der Waals surface area contributed by atoms with Crippen molar-refractivity contribution in [3.05, 3.63) is 72.1 Å². The molecule has 5 rings (SSSR count). The van der Waals surface area contributed by atoms with Crippen LogP contribution in [0.25, 0.3) is 21.8 Å². The predicted octanol–water partition coefficient (Wildman–Crippen LogP) is 5.39. The van der Waals surface area contributed by atoms with Crippen LogP contribution in [-0.2, 0) is 20.7 Å². The van der Waals surface area contributed by atoms with Gasteiger partial charge in [-0.05, 0) is 76.6 Å². The lowest BCUT2D eigenvalue weighted by Crippen LogP contribution is -2.60. The first kappa shape index (κ1) is 29.2. The highest BCUT2D eigenvalue weighted by atomic mass is 16.6. The number of ether oxygens (including phenoxy) is 1. The average Bonchev–Trinajstić information content (AvgIpc) is 3.55. The van der Waals surface area contributed by atoms with Crippen molar-refractivity contribution in [2.75, 3.05) is 13.1 Å². The van der Waals surface area contributed by atoms with Crippen molar-refractivity contribution in [3.8, 4) is 0 Å². The van der Waals surface area contributed by atoms with Gasteiger partial charge in [0.15, 0.2) is 0 Å². The monoisotopic (exact) mass is 571 g/mol. The van der Waals surface area contributed by atoms with Gasteiger partial charge in [-0.25, -0.2) is 4.79 Å². The number of carbonyl (C=O) groups is 3. The maximum Gasteiger partial charge on any atom is 0.408 e. The first-order valence-corrected chi connectivity index (χ1v) is 14.6. The molecule has 42 heavy (non-hydrogen) atoms. The highest BCUT2D eigenvalue weighted by Crippen LogP contribution is 2.33. The minimum atomic E-state index is -1.30. The number of para-hydroxylation sites is 2. The number of hydrogen-bond donors (Lipinski definition) is 4. The smallest absolute Gasteiger partial charge is 0.408 e. The molecule has 4 N–H and O–H groups in total. The van der Waals surface area contributed by atoms with Crippen LogP contribution in [0.4, 0.5) is 4.79 Å². The van der Waals surface area contributed by atoms with Crippen LogP contribution in [0.15, 0.2) is 60.9 Å². The molecule has 1 aliphatic heterocycles. The second-order valence-corrected chi connectivity index (χ2v) is 12.7. The number of fused-ring (bicyclic) bond motifs is 2. The van der Waals surface area contributed by atoms with E-state index in [4.69, 9.17) is 4.74 Å². The van der Waals surface area contributed by atoms with Gasteiger partial charge in [0, 0.05) is 53.7 Å². The van der Waals surface area contributed by atoms with Crippen LogP contribution in [0.1, 0.15) is 64.5 Å². The summed E-state index contributed by atoms with van der Waals surface area (Å²) in [4.78, 5) is 48.5. The molecule has 4 aromatic rings. The number of aromatic amines is 2. The summed E-state index contributed by atoms with van der Waals surface area (Å²) in [6.45, 7) is 9.69. The van der Waals surface area contributed by atoms with Gasteiger partial charge in [0.25, 0.3) is 0 Å². The normalized spacial score (nSPS) is 15.5. The minimum Gasteiger partial charge on any atom is -0.444 e. The van der Waals surface area contributed by atoms with Gasteiger partial charge < -0.3 is 30.2 Å². The van der Waals surface area contributed by atoms with Gasteiger partial charge >= 0.3 is 6.09 Å². The summed E-state index contributed by atoms with van der Waals surface area (Å²) >= 11 is 0. The van der Waals surface area contributed by atoms with E-state index in [0.717, 1.165) is 34.8 Å². The molecule has 2 aromatic heterocycles. The Hall–Kier alpha value is -4.27. The molecular weight excluding hydrogens is 530 g/mol. The lowest BCUT2D eigenvalue weighted by Gasteiger charge is -2.35. The molecular formula is C33H41N5O4. The number of piperidine rings is 1. The largest absolute Gasteiger partial charge is 0.444 e. The number of H-pyrrole nitrogens is 2. The molecule has 0 spiro atoms. The molecule has 1 saturated heterocycles. The van der Waals surface area contributed by atoms with E-state index >= 15 is 0 Å². The summed E-state index contributed by atoms with van der Waals surface area (Å²) in [5.74, 6) is -0.233. The van der Waals surface area contributed by atoms with Gasteiger partial charge in [0.05, 0.1) is 0 Å². The lowest BCUT2D eigenvalue weighted by atomic mass is 9.88. The van der Waals surface area contributed by atoms with E-state index in [2.05, 4.69) is 45.0 Å². The summed E-state index contributed by atoms with van der Waals surface area (Å²) in [6, 6.07) is 15.4. The summed E-state index contributed by atoms with van der Waals surface area (Å²) in [6.07, 6.45) is 5.29. The number of hydrogen-bond acceptors (Lipinski definition) is 4. The number of amides is 3. The summed E-state index contributed by atoms with van der Waals surface area (Å²) in [5.41, 5.74) is 2.31. The second kappa shape index (κ2) is 11.5. The van der Waals surface area contributed by atoms with Gasteiger partial charge in [-0.1, -0.05) is 36.4 Å². The topological polar surface area (TPSA) is 119 Å². The number of carbonyl (C=O) groups excluding carboxylic acids is 3. The Morgan fingerprint density at radius 2 is 1.50 bits per heavy atom. The standard InChI is InChI=1S/C33H41N5O4/c1-32(2,3)42-31(41)37-33(4,5)30(40)36-28(18-22-19-34-26-12-8-6-10-23(22)26)29(39)38-16-14-21(15-17-38)25-20-35-27-13-9-7-11-24(25)27/h6-13,19-21,28,34-35H,14-18H2,1-5H3,(H,36,40)(H,37,41). The van der Waals surface area contributed by atoms with Crippen LogP contribution in [-0.4, -0.2) is 63.0 Å². The predicted molar refractivity (Wildman–Crippen MR) is 164 cm³/mol. The third kappa shape index (κ3) is 6.45. The number of rotatable bonds is 7. The van der Waals surface area contributed by atoms with Crippen LogP contribution in [0.2, 0.25) is 0 Å². The zero-order valence-electron chi connectivity index (χ0n) is 25.0. The van der Waals surface area contributed by atoms with E-state index in [0.29, 0.717) is 25.4 Å². The minimum absolute atomic E-state index is 0.126. The van der Waals surface area contributed by atoms with Crippen molar-refractivity contribution in [2.24, 2.45) is 0 Å². The average molecular weight is 572 g/mol. The molecule has 0 bridgehead atoms. The summed E-state index contributed by atoms with van der Waals surface area (Å²) in [7, 11) is 0. The SMILES string of the molecule is CC(C)(C)OC(=O)NC(C)(C)C(=O)NC(Cc1c[nH]c2ccccc12)C(=O)N1CCC(c2c[nH]c3ccccc23)CC1. The fraction of sp³-hybridized carbons (Fsp3) is 0.424. The molecule has 9 nitrogen and oxygen atoms in total. The lowest BCUT2D eigenvalue weighted by molar-refractivity contribution is -0.138. The molecule has 1 atom stereocenters. The Labute approximate surface area is 246 Å². The van der Waals surface area contributed by atoms with Crippen LogP contribution in [0.3, 0.4) is 0 Å². The molecule has 1 fully saturated rings. The van der Waals surface area contributed by atoms with Gasteiger partial charge in [-0.15, -0.1) is 0 Å². The van der Waals surface area contributed by atoms with Crippen molar-refractivity contribution in [2.45, 2.75) is 77.0 Å². The van der Waals surface area contributed by atoms with Gasteiger partial charge in [0.2, 0.25) is 11.8 Å². The second-order valence-electron chi connectivity index (χ2n) is 12.7. The number of nitrogens with one attached hydrogen (secondary N) is 4. The summed E-state index contributed by atoms with van der Waals surface area (Å²) < 4.78 is 5.36. The fourth-order valence-corrected chi connectivity index (χ4v) is 5.74. The Bertz CT molecular complexity index is 1590. The molecule has 0 saturated carbocycles. The van der Waals surface area contributed by atoms with Gasteiger partial charge in [-0.3, -0.25) is 9.59 Å². The fourth-order valence-electron chi connectivity index (χ4n) is 5.74. The van der Waals surface area contributed by atoms with Crippen molar-refractivity contribution >= 4 is 39.7 Å². The van der Waals surface area contributed by atoms with Gasteiger partial charge in [-0.2, -0.15) is 0 Å². The molecule has 222 valence electrons. The molecule has 2 aromatic carbocycles. The first-order valence-electron chi connectivity index (χ1n) is 14.6. The van der Waals surface area contributed by atoms with E-state index in [1.807, 2.05) is 41.4 Å². The molecule has 3 heterocycles. The van der Waals surface area contributed by atoms with Crippen LogP contribution in [0, 0.1) is 0 Å². The summed E-state index contributed by atoms with van der Waals surface area (Å²) in [5, 5.41) is 7.86. The van der Waals surface area contributed by atoms with Crippen molar-refractivity contribution in [1.82, 2.24) is 25.5 Å². The third-order valence-electron chi connectivity index (χ3n) is 7.95. The van der Waals surface area contributed by atoms with E-state index in [1.54, 1.807) is 34.6 Å². The number of likely N-dealkylation sites (tertiary alicyclic amines) is 1. The zero-order chi connectivity index (χ0) is 30.1. The Morgan fingerprint density at radius 1 is 0.905 bits per heavy atom. The molecule has 1 unspecified atom stereocenters. The van der Waals surface area contributed by atoms with Crippen molar-refractivity contribution in [1.29, 1.82) is 0 Å². The van der Waals surface area contributed by atoms with E-state index in [1.165, 1.54) is 10.9 Å². The molecule has 1 aliphatic rings. The quantitative estimate of drug-likeness (QED) is 0.238. The molecule has 9 heteroatoms. The Kier molecular flexibility index (Phi) is 8.03. The Morgan fingerprint density at radius 3 is 2.17 bits per heavy atom. The van der Waals surface area contributed by atoms with Gasteiger partial charge in [0.1, 0.15) is 17.2 Å². The Balaban J connectivity index is 1.32. The van der Waals surface area contributed by atoms with E-state index in [9.17, 15) is 14.4 Å². The van der Waals surface area contributed by atoms with Crippen LogP contribution >= 0.6 is 0 Å². The maximum atomic E-state index is 14.0. The molecule has 3 amide bonds. The maximum absolute atomic E-state index is 14.0. The number of alkyl carbamates (subject to hydrolysis) is 1. The van der Waals surface area contributed by atoms with Crippen LogP contribution in [0.5, 0.6) is 0 Å². The zero-order valence-corrected chi connectivity index (χ0v) is 25.0.